The monoisotopic (exact) mass is 136 g/mol. The maximum Gasteiger partial charge on any atom is -0.0202 e. The zero-order chi connectivity index (χ0) is 6.81. The molecule has 0 aliphatic heterocycles. The summed E-state index contributed by atoms with van der Waals surface area (Å²) in [7, 11) is 0. The Hall–Kier alpha value is -0.260. The van der Waals surface area contributed by atoms with E-state index < -0.39 is 0 Å². The van der Waals surface area contributed by atoms with Crippen molar-refractivity contribution in [2.24, 2.45) is 11.8 Å². The molecule has 0 N–H and O–H groups in total. The van der Waals surface area contributed by atoms with Crippen LogP contribution in [0.5, 0.6) is 0 Å². The summed E-state index contributed by atoms with van der Waals surface area (Å²) >= 11 is 0. The standard InChI is InChI=1S/C10H16/c1-2-6-9(5-1)10-7-3-4-8-10/h1,5,9-10H,2-4,6-8H2. The van der Waals surface area contributed by atoms with Gasteiger partial charge in [-0.25, -0.2) is 0 Å². The number of rotatable bonds is 1. The largest absolute Gasteiger partial charge is 0.0882 e. The van der Waals surface area contributed by atoms with Crippen molar-refractivity contribution in [1.29, 1.82) is 0 Å². The van der Waals surface area contributed by atoms with Crippen molar-refractivity contribution in [3.05, 3.63) is 12.2 Å². The molecular weight excluding hydrogens is 120 g/mol. The van der Waals surface area contributed by atoms with Crippen molar-refractivity contribution < 1.29 is 0 Å². The molecule has 0 nitrogen and oxygen atoms in total. The van der Waals surface area contributed by atoms with Gasteiger partial charge in [-0.15, -0.1) is 0 Å². The quantitative estimate of drug-likeness (QED) is 0.486. The normalized spacial score (nSPS) is 33.8. The van der Waals surface area contributed by atoms with Gasteiger partial charge >= 0.3 is 0 Å². The van der Waals surface area contributed by atoms with Gasteiger partial charge in [0, 0.05) is 0 Å². The third-order valence-corrected chi connectivity index (χ3v) is 3.06. The first-order chi connectivity index (χ1) is 4.97. The summed E-state index contributed by atoms with van der Waals surface area (Å²) in [6.07, 6.45) is 13.6. The van der Waals surface area contributed by atoms with E-state index in [0.29, 0.717) is 0 Å². The summed E-state index contributed by atoms with van der Waals surface area (Å²) in [5.74, 6) is 2.04. The molecule has 0 saturated heterocycles. The van der Waals surface area contributed by atoms with Crippen LogP contribution < -0.4 is 0 Å². The molecule has 1 fully saturated rings. The summed E-state index contributed by atoms with van der Waals surface area (Å²) in [5, 5.41) is 0. The van der Waals surface area contributed by atoms with Gasteiger partial charge in [0.2, 0.25) is 0 Å². The van der Waals surface area contributed by atoms with Crippen molar-refractivity contribution in [3.8, 4) is 0 Å². The van der Waals surface area contributed by atoms with Crippen LogP contribution in [0.3, 0.4) is 0 Å². The maximum absolute atomic E-state index is 2.45. The molecule has 0 heterocycles. The zero-order valence-corrected chi connectivity index (χ0v) is 6.55. The van der Waals surface area contributed by atoms with Gasteiger partial charge in [0.25, 0.3) is 0 Å². The topological polar surface area (TPSA) is 0 Å². The van der Waals surface area contributed by atoms with Crippen molar-refractivity contribution in [2.75, 3.05) is 0 Å². The van der Waals surface area contributed by atoms with Crippen molar-refractivity contribution >= 4 is 0 Å². The first-order valence-electron chi connectivity index (χ1n) is 4.63. The molecule has 2 aliphatic rings. The van der Waals surface area contributed by atoms with Gasteiger partial charge in [0.05, 0.1) is 0 Å². The third-order valence-electron chi connectivity index (χ3n) is 3.06. The van der Waals surface area contributed by atoms with Crippen LogP contribution in [0.2, 0.25) is 0 Å². The van der Waals surface area contributed by atoms with Crippen molar-refractivity contribution in [3.63, 3.8) is 0 Å². The van der Waals surface area contributed by atoms with Gasteiger partial charge in [-0.2, -0.15) is 0 Å². The molecule has 0 spiro atoms. The lowest BCUT2D eigenvalue weighted by molar-refractivity contribution is 0.400. The molecule has 0 bridgehead atoms. The number of hydrogen-bond donors (Lipinski definition) is 0. The molecule has 2 rings (SSSR count). The van der Waals surface area contributed by atoms with Gasteiger partial charge in [-0.3, -0.25) is 0 Å². The van der Waals surface area contributed by atoms with Crippen LogP contribution in [0.25, 0.3) is 0 Å². The Kier molecular flexibility index (Phi) is 1.79. The van der Waals surface area contributed by atoms with E-state index in [-0.39, 0.29) is 0 Å². The molecule has 0 aromatic heterocycles. The Balaban J connectivity index is 1.91. The highest BCUT2D eigenvalue weighted by atomic mass is 14.3. The average molecular weight is 136 g/mol. The van der Waals surface area contributed by atoms with Crippen LogP contribution >= 0.6 is 0 Å². The minimum atomic E-state index is 0.975. The van der Waals surface area contributed by atoms with Crippen LogP contribution in [0, 0.1) is 11.8 Å². The smallest absolute Gasteiger partial charge is 0.0202 e. The lowest BCUT2D eigenvalue weighted by Crippen LogP contribution is -2.05. The van der Waals surface area contributed by atoms with Gasteiger partial charge in [0.15, 0.2) is 0 Å². The fraction of sp³-hybridized carbons (Fsp3) is 0.800. The summed E-state index contributed by atoms with van der Waals surface area (Å²) in [6.45, 7) is 0. The number of allylic oxidation sites excluding steroid dienone is 2. The second kappa shape index (κ2) is 2.77. The fourth-order valence-corrected chi connectivity index (χ4v) is 2.43. The van der Waals surface area contributed by atoms with Crippen molar-refractivity contribution in [1.82, 2.24) is 0 Å². The second-order valence-corrected chi connectivity index (χ2v) is 3.71. The van der Waals surface area contributed by atoms with E-state index in [2.05, 4.69) is 12.2 Å². The van der Waals surface area contributed by atoms with E-state index in [4.69, 9.17) is 0 Å². The van der Waals surface area contributed by atoms with Gasteiger partial charge in [-0.1, -0.05) is 25.0 Å². The Morgan fingerprint density at radius 3 is 2.40 bits per heavy atom. The molecule has 1 atom stereocenters. The molecule has 0 aromatic carbocycles. The van der Waals surface area contributed by atoms with Crippen LogP contribution in [0.15, 0.2) is 12.2 Å². The van der Waals surface area contributed by atoms with Crippen LogP contribution in [-0.4, -0.2) is 0 Å². The molecule has 0 amide bonds. The first-order valence-corrected chi connectivity index (χ1v) is 4.63. The Labute approximate surface area is 63.3 Å². The summed E-state index contributed by atoms with van der Waals surface area (Å²) in [6, 6.07) is 0. The Morgan fingerprint density at radius 1 is 1.00 bits per heavy atom. The van der Waals surface area contributed by atoms with E-state index in [0.717, 1.165) is 11.8 Å². The fourth-order valence-electron chi connectivity index (χ4n) is 2.43. The summed E-state index contributed by atoms with van der Waals surface area (Å²) < 4.78 is 0. The summed E-state index contributed by atoms with van der Waals surface area (Å²) in [5.41, 5.74) is 0. The van der Waals surface area contributed by atoms with Crippen LogP contribution in [0.4, 0.5) is 0 Å². The van der Waals surface area contributed by atoms with Gasteiger partial charge in [-0.05, 0) is 37.5 Å². The first kappa shape index (κ1) is 6.45. The third kappa shape index (κ3) is 1.12. The van der Waals surface area contributed by atoms with E-state index in [1.165, 1.54) is 38.5 Å². The minimum Gasteiger partial charge on any atom is -0.0882 e. The highest BCUT2D eigenvalue weighted by molar-refractivity contribution is 4.99. The lowest BCUT2D eigenvalue weighted by atomic mass is 9.91. The lowest BCUT2D eigenvalue weighted by Gasteiger charge is -2.14. The second-order valence-electron chi connectivity index (χ2n) is 3.71. The Morgan fingerprint density at radius 2 is 1.80 bits per heavy atom. The van der Waals surface area contributed by atoms with E-state index in [9.17, 15) is 0 Å². The van der Waals surface area contributed by atoms with E-state index in [1.54, 1.807) is 0 Å². The Bertz CT molecular complexity index is 129. The van der Waals surface area contributed by atoms with Crippen LogP contribution in [-0.2, 0) is 0 Å². The molecular formula is C10H16. The van der Waals surface area contributed by atoms with Gasteiger partial charge < -0.3 is 0 Å². The molecule has 1 unspecified atom stereocenters. The maximum atomic E-state index is 2.45. The van der Waals surface area contributed by atoms with E-state index in [1.807, 2.05) is 0 Å². The zero-order valence-electron chi connectivity index (χ0n) is 6.55. The molecule has 0 aromatic rings. The molecule has 1 saturated carbocycles. The minimum absolute atomic E-state index is 0.975. The molecule has 10 heavy (non-hydrogen) atoms. The highest BCUT2D eigenvalue weighted by Gasteiger charge is 2.23. The molecule has 56 valence electrons. The van der Waals surface area contributed by atoms with Crippen LogP contribution in [0.1, 0.15) is 38.5 Å². The average Bonchev–Trinajstić information content (AvgIpc) is 2.59. The van der Waals surface area contributed by atoms with Crippen molar-refractivity contribution in [2.45, 2.75) is 38.5 Å². The predicted molar refractivity (Wildman–Crippen MR) is 43.8 cm³/mol. The number of hydrogen-bond acceptors (Lipinski definition) is 0. The predicted octanol–water partition coefficient (Wildman–Crippen LogP) is 3.14. The molecule has 0 radical (unpaired) electrons. The van der Waals surface area contributed by atoms with E-state index >= 15 is 0 Å². The highest BCUT2D eigenvalue weighted by Crippen LogP contribution is 2.36. The summed E-state index contributed by atoms with van der Waals surface area (Å²) in [4.78, 5) is 0. The molecule has 2 aliphatic carbocycles. The molecule has 0 heteroatoms. The SMILES string of the molecule is C1=CC(C2CCCC2)CC1. The van der Waals surface area contributed by atoms with Gasteiger partial charge in [0.1, 0.15) is 0 Å².